The maximum Gasteiger partial charge on any atom is 0.256 e. The third kappa shape index (κ3) is 3.47. The first-order valence-electron chi connectivity index (χ1n) is 9.75. The molecule has 0 spiro atoms. The Hall–Kier alpha value is -1.25. The Morgan fingerprint density at radius 3 is 2.66 bits per heavy atom. The van der Waals surface area contributed by atoms with Gasteiger partial charge in [0.25, 0.3) is 5.91 Å². The summed E-state index contributed by atoms with van der Waals surface area (Å²) in [7, 11) is 0. The largest absolute Gasteiger partial charge is 0.506 e. The van der Waals surface area contributed by atoms with Crippen LogP contribution in [-0.2, 0) is 12.8 Å². The second kappa shape index (κ2) is 7.46. The van der Waals surface area contributed by atoms with Gasteiger partial charge in [-0.3, -0.25) is 4.79 Å². The van der Waals surface area contributed by atoms with Crippen molar-refractivity contribution < 1.29 is 15.0 Å². The number of phenols is 2. The molecule has 1 aliphatic carbocycles. The minimum Gasteiger partial charge on any atom is -0.506 e. The van der Waals surface area contributed by atoms with Crippen molar-refractivity contribution in [1.82, 2.24) is 5.32 Å². The van der Waals surface area contributed by atoms with Gasteiger partial charge in [0.15, 0.2) is 0 Å². The first-order chi connectivity index (χ1) is 13.6. The number of carbonyl (C=O) groups excluding carboxylic acids is 1. The van der Waals surface area contributed by atoms with Gasteiger partial charge in [-0.2, -0.15) is 0 Å². The van der Waals surface area contributed by atoms with E-state index >= 15 is 0 Å². The molecule has 2 heterocycles. The molecular weight excluding hydrogens is 520 g/mol. The van der Waals surface area contributed by atoms with E-state index in [4.69, 9.17) is 0 Å². The average Bonchev–Trinajstić information content (AvgIpc) is 3.07. The van der Waals surface area contributed by atoms with Crippen LogP contribution < -0.4 is 10.6 Å². The number of hydrogen-bond acceptors (Lipinski definition) is 5. The van der Waals surface area contributed by atoms with Gasteiger partial charge in [0.2, 0.25) is 0 Å². The lowest BCUT2D eigenvalue weighted by Gasteiger charge is -2.36. The molecule has 0 saturated heterocycles. The molecule has 4 rings (SSSR count). The zero-order chi connectivity index (χ0) is 21.1. The number of rotatable bonds is 3. The Balaban J connectivity index is 1.68. The average molecular weight is 544 g/mol. The van der Waals surface area contributed by atoms with Crippen LogP contribution in [0.5, 0.6) is 11.5 Å². The number of anilines is 1. The summed E-state index contributed by atoms with van der Waals surface area (Å²) in [5.41, 5.74) is 2.70. The van der Waals surface area contributed by atoms with Crippen LogP contribution in [0.15, 0.2) is 15.0 Å². The number of amides is 1. The van der Waals surface area contributed by atoms with Crippen LogP contribution in [0, 0.1) is 11.3 Å². The van der Waals surface area contributed by atoms with Gasteiger partial charge in [-0.1, -0.05) is 27.2 Å². The summed E-state index contributed by atoms with van der Waals surface area (Å²) in [4.78, 5) is 14.3. The van der Waals surface area contributed by atoms with Crippen molar-refractivity contribution in [2.75, 3.05) is 5.32 Å². The molecule has 8 heteroatoms. The van der Waals surface area contributed by atoms with Gasteiger partial charge in [-0.05, 0) is 74.1 Å². The molecule has 1 amide bonds. The van der Waals surface area contributed by atoms with E-state index in [2.05, 4.69) is 63.3 Å². The number of aromatic hydroxyl groups is 2. The standard InChI is InChI=1S/C21H24Br2N2O3S/c1-4-21(2,3)9-5-6-10-13(7-9)29-20-14(10)19(28)24-18(25-20)11-8-12(22)17(27)15(23)16(11)26/h8-9,18,25-27H,4-7H2,1-3H3,(H,24,28)/t9-,18+/m0/s1. The molecule has 4 N–H and O–H groups in total. The molecule has 0 radical (unpaired) electrons. The Kier molecular flexibility index (Phi) is 5.40. The summed E-state index contributed by atoms with van der Waals surface area (Å²) >= 11 is 8.16. The van der Waals surface area contributed by atoms with Gasteiger partial charge in [-0.25, -0.2) is 0 Å². The number of phenolic OH excluding ortho intramolecular Hbond substituents is 2. The highest BCUT2D eigenvalue weighted by molar-refractivity contribution is 9.11. The topological polar surface area (TPSA) is 81.6 Å². The minimum atomic E-state index is -0.578. The smallest absolute Gasteiger partial charge is 0.256 e. The van der Waals surface area contributed by atoms with E-state index in [0.29, 0.717) is 16.0 Å². The van der Waals surface area contributed by atoms with E-state index in [0.717, 1.165) is 36.2 Å². The van der Waals surface area contributed by atoms with Crippen molar-refractivity contribution in [3.8, 4) is 11.5 Å². The molecule has 2 aliphatic rings. The summed E-state index contributed by atoms with van der Waals surface area (Å²) in [6.07, 6.45) is 3.60. The zero-order valence-corrected chi connectivity index (χ0v) is 20.5. The van der Waals surface area contributed by atoms with E-state index in [-0.39, 0.29) is 27.3 Å². The Morgan fingerprint density at radius 1 is 1.24 bits per heavy atom. The summed E-state index contributed by atoms with van der Waals surface area (Å²) in [6.45, 7) is 6.91. The Morgan fingerprint density at radius 2 is 1.97 bits per heavy atom. The number of nitrogens with one attached hydrogen (secondary N) is 2. The fourth-order valence-electron chi connectivity index (χ4n) is 4.25. The summed E-state index contributed by atoms with van der Waals surface area (Å²) < 4.78 is 0.632. The van der Waals surface area contributed by atoms with Gasteiger partial charge in [0.05, 0.1) is 10.0 Å². The van der Waals surface area contributed by atoms with Gasteiger partial charge in [0, 0.05) is 10.4 Å². The van der Waals surface area contributed by atoms with E-state index in [1.807, 2.05) is 0 Å². The van der Waals surface area contributed by atoms with Crippen molar-refractivity contribution in [3.63, 3.8) is 0 Å². The van der Waals surface area contributed by atoms with Gasteiger partial charge >= 0.3 is 0 Å². The Bertz CT molecular complexity index is 1000. The summed E-state index contributed by atoms with van der Waals surface area (Å²) in [6, 6.07) is 1.62. The molecule has 1 aromatic heterocycles. The molecule has 156 valence electrons. The van der Waals surface area contributed by atoms with Crippen LogP contribution in [0.25, 0.3) is 0 Å². The number of carbonyl (C=O) groups is 1. The third-order valence-electron chi connectivity index (χ3n) is 6.57. The van der Waals surface area contributed by atoms with Crippen LogP contribution >= 0.6 is 43.2 Å². The lowest BCUT2D eigenvalue weighted by Crippen LogP contribution is -2.38. The third-order valence-corrected chi connectivity index (χ3v) is 9.11. The highest BCUT2D eigenvalue weighted by atomic mass is 79.9. The van der Waals surface area contributed by atoms with Crippen LogP contribution in [0.3, 0.4) is 0 Å². The maximum absolute atomic E-state index is 13.0. The molecule has 29 heavy (non-hydrogen) atoms. The SMILES string of the molecule is CCC(C)(C)[C@H]1CCc2c(sc3c2C(=O)N[C@@H](c2cc(Br)c(O)c(Br)c2O)N3)C1. The fraction of sp³-hybridized carbons (Fsp3) is 0.476. The predicted octanol–water partition coefficient (Wildman–Crippen LogP) is 6.08. The van der Waals surface area contributed by atoms with Gasteiger partial charge in [-0.15, -0.1) is 11.3 Å². The number of hydrogen-bond donors (Lipinski definition) is 4. The summed E-state index contributed by atoms with van der Waals surface area (Å²) in [5.74, 6) is 0.324. The van der Waals surface area contributed by atoms with Crippen molar-refractivity contribution in [1.29, 1.82) is 0 Å². The lowest BCUT2D eigenvalue weighted by atomic mass is 9.69. The van der Waals surface area contributed by atoms with Crippen LogP contribution in [-0.4, -0.2) is 16.1 Å². The van der Waals surface area contributed by atoms with Gasteiger partial charge in [0.1, 0.15) is 27.1 Å². The van der Waals surface area contributed by atoms with Gasteiger partial charge < -0.3 is 20.8 Å². The molecule has 0 fully saturated rings. The van der Waals surface area contributed by atoms with E-state index in [9.17, 15) is 15.0 Å². The summed E-state index contributed by atoms with van der Waals surface area (Å²) in [5, 5.41) is 27.7. The monoisotopic (exact) mass is 542 g/mol. The minimum absolute atomic E-state index is 0.0785. The fourth-order valence-corrected chi connectivity index (χ4v) is 6.75. The second-order valence-corrected chi connectivity index (χ2v) is 11.3. The number of halogens is 2. The molecular formula is C21H24Br2N2O3S. The first kappa shape index (κ1) is 21.0. The second-order valence-electron chi connectivity index (χ2n) is 8.50. The number of benzene rings is 1. The highest BCUT2D eigenvalue weighted by Gasteiger charge is 2.38. The van der Waals surface area contributed by atoms with Crippen LogP contribution in [0.4, 0.5) is 5.00 Å². The number of thiophene rings is 1. The Labute approximate surface area is 191 Å². The lowest BCUT2D eigenvalue weighted by molar-refractivity contribution is 0.0934. The first-order valence-corrected chi connectivity index (χ1v) is 12.2. The molecule has 5 nitrogen and oxygen atoms in total. The van der Waals surface area contributed by atoms with Crippen molar-refractivity contribution in [2.24, 2.45) is 11.3 Å². The maximum atomic E-state index is 13.0. The normalized spacial score (nSPS) is 21.2. The zero-order valence-electron chi connectivity index (χ0n) is 16.5. The molecule has 0 saturated carbocycles. The van der Waals surface area contributed by atoms with Crippen molar-refractivity contribution >= 4 is 54.1 Å². The van der Waals surface area contributed by atoms with E-state index in [1.165, 1.54) is 10.4 Å². The number of fused-ring (bicyclic) bond motifs is 3. The van der Waals surface area contributed by atoms with Crippen LogP contribution in [0.1, 0.15) is 66.1 Å². The highest BCUT2D eigenvalue weighted by Crippen LogP contribution is 2.49. The molecule has 0 bridgehead atoms. The molecule has 1 aliphatic heterocycles. The van der Waals surface area contributed by atoms with Crippen LogP contribution in [0.2, 0.25) is 0 Å². The molecule has 2 atom stereocenters. The van der Waals surface area contributed by atoms with E-state index < -0.39 is 6.17 Å². The van der Waals surface area contributed by atoms with Crippen molar-refractivity contribution in [2.45, 2.75) is 52.6 Å². The predicted molar refractivity (Wildman–Crippen MR) is 123 cm³/mol. The van der Waals surface area contributed by atoms with E-state index in [1.54, 1.807) is 17.4 Å². The quantitative estimate of drug-likeness (QED) is 0.378. The molecule has 2 aromatic rings. The van der Waals surface area contributed by atoms with Crippen molar-refractivity contribution in [3.05, 3.63) is 36.6 Å². The molecule has 1 aromatic carbocycles. The molecule has 0 unspecified atom stereocenters.